The average molecular weight is 222 g/mol. The minimum atomic E-state index is -0.663. The number of nitrogens with one attached hydrogen (secondary N) is 1. The highest BCUT2D eigenvalue weighted by atomic mass is 16.4. The number of carboxylic acid groups (broad SMARTS) is 1. The molecule has 16 heavy (non-hydrogen) atoms. The van der Waals surface area contributed by atoms with Crippen molar-refractivity contribution in [3.8, 4) is 0 Å². The Labute approximate surface area is 95.1 Å². The molecule has 0 saturated heterocycles. The summed E-state index contributed by atoms with van der Waals surface area (Å²) in [6.45, 7) is 4.02. The first kappa shape index (κ1) is 11.2. The number of fused-ring (bicyclic) bond motifs is 1. The second-order valence-corrected chi connectivity index (χ2v) is 4.60. The number of aromatic amines is 1. The van der Waals surface area contributed by atoms with Crippen molar-refractivity contribution in [1.29, 1.82) is 0 Å². The number of hydrogen-bond acceptors (Lipinski definition) is 2. The highest BCUT2D eigenvalue weighted by molar-refractivity contribution is 5.75. The lowest BCUT2D eigenvalue weighted by molar-refractivity contribution is -0.150. The standard InChI is InChI=1S/C12H18N2O2/c1-3-9-8-7-12(4-2,11(15)16)6-5-10(8)14-13-9/h3-7H2,1-2H3,(H,13,14)(H,15,16). The number of carboxylic acids is 1. The van der Waals surface area contributed by atoms with Crippen LogP contribution in [0.3, 0.4) is 0 Å². The van der Waals surface area contributed by atoms with Crippen molar-refractivity contribution < 1.29 is 9.90 Å². The summed E-state index contributed by atoms with van der Waals surface area (Å²) in [5, 5.41) is 16.7. The summed E-state index contributed by atoms with van der Waals surface area (Å²) in [7, 11) is 0. The molecule has 0 amide bonds. The van der Waals surface area contributed by atoms with Crippen molar-refractivity contribution in [2.75, 3.05) is 0 Å². The summed E-state index contributed by atoms with van der Waals surface area (Å²) in [5.41, 5.74) is 2.76. The predicted molar refractivity (Wildman–Crippen MR) is 60.4 cm³/mol. The zero-order chi connectivity index (χ0) is 11.8. The van der Waals surface area contributed by atoms with Gasteiger partial charge in [-0.2, -0.15) is 5.10 Å². The molecule has 1 unspecified atom stereocenters. The summed E-state index contributed by atoms with van der Waals surface area (Å²) >= 11 is 0. The average Bonchev–Trinajstić information content (AvgIpc) is 2.70. The molecule has 0 radical (unpaired) electrons. The van der Waals surface area contributed by atoms with Crippen molar-refractivity contribution in [3.63, 3.8) is 0 Å². The molecule has 1 heterocycles. The molecule has 1 atom stereocenters. The molecule has 4 nitrogen and oxygen atoms in total. The number of aliphatic carboxylic acids is 1. The fraction of sp³-hybridized carbons (Fsp3) is 0.667. The smallest absolute Gasteiger partial charge is 0.309 e. The Morgan fingerprint density at radius 1 is 1.56 bits per heavy atom. The minimum Gasteiger partial charge on any atom is -0.481 e. The van der Waals surface area contributed by atoms with Crippen LogP contribution in [0.15, 0.2) is 0 Å². The number of aromatic nitrogens is 2. The molecule has 0 fully saturated rings. The molecule has 4 heteroatoms. The lowest BCUT2D eigenvalue weighted by Crippen LogP contribution is -2.36. The molecular weight excluding hydrogens is 204 g/mol. The lowest BCUT2D eigenvalue weighted by Gasteiger charge is -2.32. The van der Waals surface area contributed by atoms with Gasteiger partial charge in [-0.1, -0.05) is 13.8 Å². The number of carbonyl (C=O) groups is 1. The number of hydrogen-bond donors (Lipinski definition) is 2. The molecule has 1 aromatic heterocycles. The maximum absolute atomic E-state index is 11.4. The molecule has 0 saturated carbocycles. The summed E-state index contributed by atoms with van der Waals surface area (Å²) in [6, 6.07) is 0. The predicted octanol–water partition coefficient (Wildman–Crippen LogP) is 1.94. The first-order valence-electron chi connectivity index (χ1n) is 5.91. The van der Waals surface area contributed by atoms with Gasteiger partial charge in [-0.15, -0.1) is 0 Å². The van der Waals surface area contributed by atoms with Gasteiger partial charge in [0.05, 0.1) is 11.1 Å². The number of aryl methyl sites for hydroxylation is 2. The molecular formula is C12H18N2O2. The molecule has 1 aliphatic carbocycles. The van der Waals surface area contributed by atoms with E-state index in [0.717, 1.165) is 36.2 Å². The second-order valence-electron chi connectivity index (χ2n) is 4.60. The summed E-state index contributed by atoms with van der Waals surface area (Å²) in [5.74, 6) is -0.663. The van der Waals surface area contributed by atoms with Gasteiger partial charge < -0.3 is 5.11 Å². The Kier molecular flexibility index (Phi) is 2.74. The van der Waals surface area contributed by atoms with E-state index < -0.39 is 11.4 Å². The maximum Gasteiger partial charge on any atom is 0.309 e. The fourth-order valence-corrected chi connectivity index (χ4v) is 2.58. The Balaban J connectivity index is 2.37. The van der Waals surface area contributed by atoms with Crippen molar-refractivity contribution in [1.82, 2.24) is 10.2 Å². The highest BCUT2D eigenvalue weighted by Crippen LogP contribution is 2.39. The van der Waals surface area contributed by atoms with Crippen LogP contribution in [0, 0.1) is 5.41 Å². The summed E-state index contributed by atoms with van der Waals surface area (Å²) in [4.78, 5) is 11.4. The minimum absolute atomic E-state index is 0.569. The second kappa shape index (κ2) is 3.92. The van der Waals surface area contributed by atoms with E-state index in [4.69, 9.17) is 0 Å². The van der Waals surface area contributed by atoms with Crippen LogP contribution < -0.4 is 0 Å². The van der Waals surface area contributed by atoms with Gasteiger partial charge in [0.1, 0.15) is 0 Å². The third kappa shape index (κ3) is 1.52. The van der Waals surface area contributed by atoms with Gasteiger partial charge in [-0.05, 0) is 37.7 Å². The normalized spacial score (nSPS) is 24.1. The Bertz CT molecular complexity index is 398. The van der Waals surface area contributed by atoms with Crippen molar-refractivity contribution in [3.05, 3.63) is 17.0 Å². The van der Waals surface area contributed by atoms with Crippen LogP contribution in [-0.2, 0) is 24.1 Å². The SMILES string of the molecule is CCc1n[nH]c2c1CC(CC)(C(=O)O)CC2. The van der Waals surface area contributed by atoms with E-state index in [0.29, 0.717) is 12.8 Å². The Morgan fingerprint density at radius 2 is 2.31 bits per heavy atom. The van der Waals surface area contributed by atoms with Crippen molar-refractivity contribution >= 4 is 5.97 Å². The van der Waals surface area contributed by atoms with Gasteiger partial charge in [-0.25, -0.2) is 0 Å². The molecule has 1 aliphatic rings. The molecule has 0 aliphatic heterocycles. The zero-order valence-corrected chi connectivity index (χ0v) is 9.84. The monoisotopic (exact) mass is 222 g/mol. The number of nitrogens with zero attached hydrogens (tertiary/aromatic N) is 1. The topological polar surface area (TPSA) is 66.0 Å². The third-order valence-electron chi connectivity index (χ3n) is 3.87. The zero-order valence-electron chi connectivity index (χ0n) is 9.84. The lowest BCUT2D eigenvalue weighted by atomic mass is 9.71. The van der Waals surface area contributed by atoms with Gasteiger partial charge in [0.2, 0.25) is 0 Å². The number of H-pyrrole nitrogens is 1. The Hall–Kier alpha value is -1.32. The molecule has 0 aromatic carbocycles. The third-order valence-corrected chi connectivity index (χ3v) is 3.87. The Morgan fingerprint density at radius 3 is 2.88 bits per heavy atom. The van der Waals surface area contributed by atoms with Gasteiger partial charge in [0, 0.05) is 5.69 Å². The van der Waals surface area contributed by atoms with Crippen LogP contribution in [0.25, 0.3) is 0 Å². The highest BCUT2D eigenvalue weighted by Gasteiger charge is 2.41. The maximum atomic E-state index is 11.4. The van der Waals surface area contributed by atoms with Gasteiger partial charge in [0.25, 0.3) is 0 Å². The van der Waals surface area contributed by atoms with Crippen LogP contribution >= 0.6 is 0 Å². The van der Waals surface area contributed by atoms with Crippen LogP contribution in [0.1, 0.15) is 43.6 Å². The molecule has 0 spiro atoms. The van der Waals surface area contributed by atoms with E-state index in [2.05, 4.69) is 17.1 Å². The quantitative estimate of drug-likeness (QED) is 0.821. The van der Waals surface area contributed by atoms with Crippen LogP contribution in [0.2, 0.25) is 0 Å². The van der Waals surface area contributed by atoms with Crippen LogP contribution in [0.5, 0.6) is 0 Å². The molecule has 1 aromatic rings. The van der Waals surface area contributed by atoms with Gasteiger partial charge >= 0.3 is 5.97 Å². The molecule has 88 valence electrons. The largest absolute Gasteiger partial charge is 0.481 e. The van der Waals surface area contributed by atoms with Crippen molar-refractivity contribution in [2.24, 2.45) is 5.41 Å². The van der Waals surface area contributed by atoms with Crippen LogP contribution in [0.4, 0.5) is 0 Å². The van der Waals surface area contributed by atoms with E-state index in [1.165, 1.54) is 0 Å². The fourth-order valence-electron chi connectivity index (χ4n) is 2.58. The number of rotatable bonds is 3. The van der Waals surface area contributed by atoms with E-state index in [-0.39, 0.29) is 0 Å². The van der Waals surface area contributed by atoms with E-state index in [9.17, 15) is 9.90 Å². The first-order valence-corrected chi connectivity index (χ1v) is 5.91. The van der Waals surface area contributed by atoms with E-state index >= 15 is 0 Å². The van der Waals surface area contributed by atoms with Crippen LogP contribution in [-0.4, -0.2) is 21.3 Å². The molecule has 2 rings (SSSR count). The summed E-state index contributed by atoms with van der Waals surface area (Å²) < 4.78 is 0. The van der Waals surface area contributed by atoms with E-state index in [1.807, 2.05) is 6.92 Å². The molecule has 0 bridgehead atoms. The first-order chi connectivity index (χ1) is 7.63. The van der Waals surface area contributed by atoms with Crippen molar-refractivity contribution in [2.45, 2.75) is 46.0 Å². The van der Waals surface area contributed by atoms with E-state index in [1.54, 1.807) is 0 Å². The molecule has 2 N–H and O–H groups in total. The summed E-state index contributed by atoms with van der Waals surface area (Å²) in [6.07, 6.45) is 3.72. The van der Waals surface area contributed by atoms with Gasteiger partial charge in [-0.3, -0.25) is 9.89 Å². The van der Waals surface area contributed by atoms with Gasteiger partial charge in [0.15, 0.2) is 0 Å².